The van der Waals surface area contributed by atoms with Crippen molar-refractivity contribution in [2.24, 2.45) is 5.92 Å². The lowest BCUT2D eigenvalue weighted by molar-refractivity contribution is -0.140. The van der Waals surface area contributed by atoms with Gasteiger partial charge < -0.3 is 10.2 Å². The standard InChI is InChI=1S/C32H41N3O4S/c1-7-30(32(37)33-20-23(2)3)34(21-27-14-12-11-13-26(27)6)31(36)22-35(28-18-24(4)17-25(5)19-28)40(38,39)29-15-9-8-10-16-29/h8-19,23,30H,7,20-22H2,1-6H3,(H,33,37). The van der Waals surface area contributed by atoms with Gasteiger partial charge in [-0.2, -0.15) is 0 Å². The van der Waals surface area contributed by atoms with Crippen molar-refractivity contribution in [3.63, 3.8) is 0 Å². The number of hydrogen-bond donors (Lipinski definition) is 1. The highest BCUT2D eigenvalue weighted by Crippen LogP contribution is 2.27. The third-order valence-electron chi connectivity index (χ3n) is 6.78. The van der Waals surface area contributed by atoms with Crippen LogP contribution in [-0.2, 0) is 26.2 Å². The zero-order valence-electron chi connectivity index (χ0n) is 24.3. The molecular weight excluding hydrogens is 522 g/mol. The molecule has 1 N–H and O–H groups in total. The molecule has 0 radical (unpaired) electrons. The molecule has 2 amide bonds. The second-order valence-electron chi connectivity index (χ2n) is 10.7. The second kappa shape index (κ2) is 13.6. The van der Waals surface area contributed by atoms with Gasteiger partial charge in [-0.25, -0.2) is 8.42 Å². The van der Waals surface area contributed by atoms with Gasteiger partial charge in [0.1, 0.15) is 12.6 Å². The van der Waals surface area contributed by atoms with Crippen molar-refractivity contribution in [3.05, 3.63) is 95.1 Å². The van der Waals surface area contributed by atoms with Crippen molar-refractivity contribution in [3.8, 4) is 0 Å². The SMILES string of the molecule is CCC(C(=O)NCC(C)C)N(Cc1ccccc1C)C(=O)CN(c1cc(C)cc(C)c1)S(=O)(=O)c1ccccc1. The number of amides is 2. The molecule has 1 unspecified atom stereocenters. The molecule has 40 heavy (non-hydrogen) atoms. The normalized spacial score (nSPS) is 12.2. The van der Waals surface area contributed by atoms with Crippen LogP contribution in [0.25, 0.3) is 0 Å². The van der Waals surface area contributed by atoms with Crippen LogP contribution in [0.2, 0.25) is 0 Å². The molecule has 7 nitrogen and oxygen atoms in total. The summed E-state index contributed by atoms with van der Waals surface area (Å²) in [6.07, 6.45) is 0.385. The van der Waals surface area contributed by atoms with E-state index in [9.17, 15) is 18.0 Å². The molecule has 8 heteroatoms. The van der Waals surface area contributed by atoms with E-state index in [-0.39, 0.29) is 23.3 Å². The Balaban J connectivity index is 2.08. The fraction of sp³-hybridized carbons (Fsp3) is 0.375. The van der Waals surface area contributed by atoms with Crippen LogP contribution in [0, 0.1) is 26.7 Å². The van der Waals surface area contributed by atoms with E-state index in [1.807, 2.05) is 71.9 Å². The van der Waals surface area contributed by atoms with Gasteiger partial charge in [-0.3, -0.25) is 13.9 Å². The molecule has 0 aliphatic carbocycles. The largest absolute Gasteiger partial charge is 0.354 e. The minimum Gasteiger partial charge on any atom is -0.354 e. The summed E-state index contributed by atoms with van der Waals surface area (Å²) < 4.78 is 29.1. The number of carbonyl (C=O) groups excluding carboxylic acids is 2. The fourth-order valence-corrected chi connectivity index (χ4v) is 6.07. The van der Waals surface area contributed by atoms with Crippen LogP contribution in [0.4, 0.5) is 5.69 Å². The van der Waals surface area contributed by atoms with Crippen LogP contribution < -0.4 is 9.62 Å². The molecule has 0 aromatic heterocycles. The molecule has 3 aromatic rings. The van der Waals surface area contributed by atoms with Gasteiger partial charge in [-0.15, -0.1) is 0 Å². The lowest BCUT2D eigenvalue weighted by Gasteiger charge is -2.33. The molecule has 0 aliphatic heterocycles. The highest BCUT2D eigenvalue weighted by atomic mass is 32.2. The minimum absolute atomic E-state index is 0.0918. The summed E-state index contributed by atoms with van der Waals surface area (Å²) in [5.41, 5.74) is 4.05. The Morgan fingerprint density at radius 3 is 2.05 bits per heavy atom. The summed E-state index contributed by atoms with van der Waals surface area (Å²) in [7, 11) is -4.09. The van der Waals surface area contributed by atoms with E-state index in [2.05, 4.69) is 5.32 Å². The van der Waals surface area contributed by atoms with E-state index in [1.54, 1.807) is 30.3 Å². The van der Waals surface area contributed by atoms with E-state index >= 15 is 0 Å². The number of sulfonamides is 1. The Morgan fingerprint density at radius 2 is 1.48 bits per heavy atom. The molecule has 0 heterocycles. The fourth-order valence-electron chi connectivity index (χ4n) is 4.66. The first-order chi connectivity index (χ1) is 18.9. The average Bonchev–Trinajstić information content (AvgIpc) is 2.91. The molecule has 0 saturated carbocycles. The Morgan fingerprint density at radius 1 is 0.875 bits per heavy atom. The number of benzene rings is 3. The topological polar surface area (TPSA) is 86.8 Å². The molecule has 3 aromatic carbocycles. The van der Waals surface area contributed by atoms with Crippen LogP contribution in [-0.4, -0.2) is 44.3 Å². The second-order valence-corrected chi connectivity index (χ2v) is 12.5. The molecular formula is C32H41N3O4S. The quantitative estimate of drug-likeness (QED) is 0.320. The summed E-state index contributed by atoms with van der Waals surface area (Å²) in [5.74, 6) is -0.450. The van der Waals surface area contributed by atoms with Gasteiger partial charge in [0.25, 0.3) is 10.0 Å². The van der Waals surface area contributed by atoms with Gasteiger partial charge in [0.05, 0.1) is 10.6 Å². The van der Waals surface area contributed by atoms with E-state index in [0.29, 0.717) is 18.7 Å². The molecule has 214 valence electrons. The van der Waals surface area contributed by atoms with Crippen LogP contribution in [0.15, 0.2) is 77.7 Å². The van der Waals surface area contributed by atoms with Crippen LogP contribution in [0.5, 0.6) is 0 Å². The smallest absolute Gasteiger partial charge is 0.264 e. The highest BCUT2D eigenvalue weighted by molar-refractivity contribution is 7.92. The highest BCUT2D eigenvalue weighted by Gasteiger charge is 2.34. The Hall–Kier alpha value is -3.65. The number of rotatable bonds is 12. The van der Waals surface area contributed by atoms with E-state index < -0.39 is 28.5 Å². The first kappa shape index (κ1) is 30.9. The van der Waals surface area contributed by atoms with Crippen molar-refractivity contribution in [2.75, 3.05) is 17.4 Å². The van der Waals surface area contributed by atoms with Gasteiger partial charge >= 0.3 is 0 Å². The number of nitrogens with zero attached hydrogens (tertiary/aromatic N) is 2. The first-order valence-corrected chi connectivity index (χ1v) is 15.2. The van der Waals surface area contributed by atoms with Crippen LogP contribution >= 0.6 is 0 Å². The predicted molar refractivity (Wildman–Crippen MR) is 161 cm³/mol. The molecule has 0 aliphatic rings. The zero-order chi connectivity index (χ0) is 29.4. The molecule has 0 saturated heterocycles. The number of hydrogen-bond acceptors (Lipinski definition) is 4. The van der Waals surface area contributed by atoms with Crippen molar-refractivity contribution in [2.45, 2.75) is 65.4 Å². The summed E-state index contributed by atoms with van der Waals surface area (Å²) in [5, 5.41) is 2.96. The maximum Gasteiger partial charge on any atom is 0.264 e. The zero-order valence-corrected chi connectivity index (χ0v) is 25.2. The third kappa shape index (κ3) is 7.72. The Kier molecular flexibility index (Phi) is 10.5. The molecule has 0 spiro atoms. The van der Waals surface area contributed by atoms with Gasteiger partial charge in [-0.1, -0.05) is 69.3 Å². The van der Waals surface area contributed by atoms with E-state index in [0.717, 1.165) is 26.6 Å². The maximum atomic E-state index is 14.2. The summed E-state index contributed by atoms with van der Waals surface area (Å²) >= 11 is 0. The van der Waals surface area contributed by atoms with Crippen LogP contribution in [0.3, 0.4) is 0 Å². The van der Waals surface area contributed by atoms with Crippen molar-refractivity contribution < 1.29 is 18.0 Å². The van der Waals surface area contributed by atoms with Crippen LogP contribution in [0.1, 0.15) is 49.4 Å². The first-order valence-electron chi connectivity index (χ1n) is 13.7. The lowest BCUT2D eigenvalue weighted by atomic mass is 10.1. The van der Waals surface area contributed by atoms with Gasteiger partial charge in [0.15, 0.2) is 0 Å². The van der Waals surface area contributed by atoms with E-state index in [4.69, 9.17) is 0 Å². The van der Waals surface area contributed by atoms with E-state index in [1.165, 1.54) is 17.0 Å². The molecule has 0 fully saturated rings. The van der Waals surface area contributed by atoms with Crippen molar-refractivity contribution in [1.29, 1.82) is 0 Å². The lowest BCUT2D eigenvalue weighted by Crippen LogP contribution is -2.52. The monoisotopic (exact) mass is 563 g/mol. The summed E-state index contributed by atoms with van der Waals surface area (Å²) in [6.45, 7) is 11.8. The average molecular weight is 564 g/mol. The summed E-state index contributed by atoms with van der Waals surface area (Å²) in [4.78, 5) is 29.1. The Labute approximate surface area is 239 Å². The third-order valence-corrected chi connectivity index (χ3v) is 8.56. The van der Waals surface area contributed by atoms with Gasteiger partial charge in [0.2, 0.25) is 11.8 Å². The number of anilines is 1. The number of aryl methyl sites for hydroxylation is 3. The number of carbonyl (C=O) groups is 2. The molecule has 3 rings (SSSR count). The maximum absolute atomic E-state index is 14.2. The molecule has 1 atom stereocenters. The summed E-state index contributed by atoms with van der Waals surface area (Å²) in [6, 6.07) is 20.5. The minimum atomic E-state index is -4.09. The van der Waals surface area contributed by atoms with Crippen molar-refractivity contribution >= 4 is 27.5 Å². The van der Waals surface area contributed by atoms with Gasteiger partial charge in [0, 0.05) is 13.1 Å². The predicted octanol–water partition coefficient (Wildman–Crippen LogP) is 5.39. The number of nitrogens with one attached hydrogen (secondary N) is 1. The van der Waals surface area contributed by atoms with Crippen molar-refractivity contribution in [1.82, 2.24) is 10.2 Å². The van der Waals surface area contributed by atoms with Gasteiger partial charge in [-0.05, 0) is 79.6 Å². The molecule has 0 bridgehead atoms. The Bertz CT molecular complexity index is 1400.